The Hall–Kier alpha value is -0.380. The zero-order valence-corrected chi connectivity index (χ0v) is 11.3. The van der Waals surface area contributed by atoms with Gasteiger partial charge < -0.3 is 10.1 Å². The molecule has 1 aliphatic heterocycles. The highest BCUT2D eigenvalue weighted by Crippen LogP contribution is 2.47. The molecule has 2 fully saturated rings. The van der Waals surface area contributed by atoms with E-state index in [1.54, 1.807) is 0 Å². The van der Waals surface area contributed by atoms with Crippen LogP contribution in [-0.4, -0.2) is 19.3 Å². The maximum atomic E-state index is 6.02. The lowest BCUT2D eigenvalue weighted by atomic mass is 9.70. The Morgan fingerprint density at radius 3 is 3.00 bits per heavy atom. The van der Waals surface area contributed by atoms with Crippen molar-refractivity contribution in [3.8, 4) is 0 Å². The van der Waals surface area contributed by atoms with Crippen LogP contribution in [0.2, 0.25) is 0 Å². The molecule has 3 rings (SSSR count). The maximum absolute atomic E-state index is 6.02. The first-order chi connectivity index (χ1) is 8.33. The molecule has 1 N–H and O–H groups in total. The first kappa shape index (κ1) is 11.7. The van der Waals surface area contributed by atoms with Gasteiger partial charge in [0.1, 0.15) is 0 Å². The van der Waals surface area contributed by atoms with Crippen molar-refractivity contribution in [2.24, 2.45) is 5.92 Å². The third-order valence-electron chi connectivity index (χ3n) is 4.43. The van der Waals surface area contributed by atoms with Gasteiger partial charge in [-0.15, -0.1) is 11.3 Å². The smallest absolute Gasteiger partial charge is 0.0686 e. The molecule has 1 saturated heterocycles. The number of ether oxygens (including phenoxy) is 1. The van der Waals surface area contributed by atoms with Crippen molar-refractivity contribution >= 4 is 11.3 Å². The quantitative estimate of drug-likeness (QED) is 0.889. The predicted molar refractivity (Wildman–Crippen MR) is 71.4 cm³/mol. The molecular formula is C14H21NOS. The average molecular weight is 251 g/mol. The van der Waals surface area contributed by atoms with Gasteiger partial charge in [-0.25, -0.2) is 0 Å². The van der Waals surface area contributed by atoms with Gasteiger partial charge in [-0.1, -0.05) is 6.07 Å². The van der Waals surface area contributed by atoms with Gasteiger partial charge in [-0.3, -0.25) is 0 Å². The molecule has 2 aliphatic rings. The van der Waals surface area contributed by atoms with Gasteiger partial charge in [-0.05, 0) is 56.5 Å². The number of hydrogen-bond donors (Lipinski definition) is 1. The van der Waals surface area contributed by atoms with E-state index >= 15 is 0 Å². The third kappa shape index (κ3) is 2.16. The van der Waals surface area contributed by atoms with Gasteiger partial charge in [0.25, 0.3) is 0 Å². The summed E-state index contributed by atoms with van der Waals surface area (Å²) in [5.41, 5.74) is 0.259. The van der Waals surface area contributed by atoms with Crippen LogP contribution in [-0.2, 0) is 4.74 Å². The number of thiophene rings is 1. The molecule has 2 nitrogen and oxygen atoms in total. The third-order valence-corrected chi connectivity index (χ3v) is 5.38. The number of hydrogen-bond acceptors (Lipinski definition) is 3. The van der Waals surface area contributed by atoms with Crippen molar-refractivity contribution in [2.75, 3.05) is 13.7 Å². The van der Waals surface area contributed by atoms with Crippen molar-refractivity contribution in [2.45, 2.75) is 43.7 Å². The highest BCUT2D eigenvalue weighted by Gasteiger charge is 2.44. The van der Waals surface area contributed by atoms with Crippen LogP contribution in [0.4, 0.5) is 0 Å². The zero-order chi connectivity index (χ0) is 11.7. The average Bonchev–Trinajstić information content (AvgIpc) is 2.82. The highest BCUT2D eigenvalue weighted by atomic mass is 32.1. The fourth-order valence-electron chi connectivity index (χ4n) is 3.35. The fourth-order valence-corrected chi connectivity index (χ4v) is 4.28. The van der Waals surface area contributed by atoms with Gasteiger partial charge in [0.2, 0.25) is 0 Å². The Morgan fingerprint density at radius 1 is 1.53 bits per heavy atom. The molecule has 1 aromatic rings. The molecule has 17 heavy (non-hydrogen) atoms. The molecule has 1 spiro atoms. The lowest BCUT2D eigenvalue weighted by molar-refractivity contribution is -0.147. The van der Waals surface area contributed by atoms with E-state index in [1.807, 2.05) is 11.3 Å². The molecule has 2 atom stereocenters. The van der Waals surface area contributed by atoms with Gasteiger partial charge in [0, 0.05) is 17.5 Å². The molecule has 94 valence electrons. The van der Waals surface area contributed by atoms with Gasteiger partial charge in [-0.2, -0.15) is 0 Å². The van der Waals surface area contributed by atoms with Crippen molar-refractivity contribution in [1.29, 1.82) is 0 Å². The molecule has 2 unspecified atom stereocenters. The van der Waals surface area contributed by atoms with E-state index in [0.717, 1.165) is 12.5 Å². The van der Waals surface area contributed by atoms with Gasteiger partial charge in [0.05, 0.1) is 5.60 Å². The molecule has 0 radical (unpaired) electrons. The molecule has 0 bridgehead atoms. The van der Waals surface area contributed by atoms with E-state index in [0.29, 0.717) is 6.04 Å². The zero-order valence-electron chi connectivity index (χ0n) is 10.4. The van der Waals surface area contributed by atoms with Crippen LogP contribution in [0, 0.1) is 5.92 Å². The first-order valence-corrected chi connectivity index (χ1v) is 7.56. The van der Waals surface area contributed by atoms with Gasteiger partial charge >= 0.3 is 0 Å². The van der Waals surface area contributed by atoms with Crippen LogP contribution in [0.3, 0.4) is 0 Å². The first-order valence-electron chi connectivity index (χ1n) is 6.68. The molecule has 2 heterocycles. The molecule has 1 aliphatic carbocycles. The summed E-state index contributed by atoms with van der Waals surface area (Å²) >= 11 is 1.87. The fraction of sp³-hybridized carbons (Fsp3) is 0.714. The second-order valence-electron chi connectivity index (χ2n) is 5.42. The Kier molecular flexibility index (Phi) is 3.24. The van der Waals surface area contributed by atoms with Gasteiger partial charge in [0.15, 0.2) is 0 Å². The second kappa shape index (κ2) is 4.71. The standard InChI is InChI=1S/C14H21NOS/c1-15-13(12-4-2-9-17-12)11-5-8-16-14(10-11)6-3-7-14/h2,4,9,11,13,15H,3,5-8,10H2,1H3. The van der Waals surface area contributed by atoms with Crippen LogP contribution < -0.4 is 5.32 Å². The maximum Gasteiger partial charge on any atom is 0.0686 e. The van der Waals surface area contributed by atoms with Crippen LogP contribution in [0.25, 0.3) is 0 Å². The lowest BCUT2D eigenvalue weighted by Gasteiger charge is -2.48. The molecule has 1 saturated carbocycles. The molecule has 0 amide bonds. The minimum Gasteiger partial charge on any atom is -0.375 e. The van der Waals surface area contributed by atoms with Crippen LogP contribution in [0.1, 0.15) is 43.0 Å². The van der Waals surface area contributed by atoms with E-state index in [1.165, 1.54) is 37.0 Å². The van der Waals surface area contributed by atoms with Crippen molar-refractivity contribution in [3.05, 3.63) is 22.4 Å². The van der Waals surface area contributed by atoms with Crippen molar-refractivity contribution in [1.82, 2.24) is 5.32 Å². The Balaban J connectivity index is 1.73. The number of rotatable bonds is 3. The van der Waals surface area contributed by atoms with E-state index in [4.69, 9.17) is 4.74 Å². The van der Waals surface area contributed by atoms with Crippen molar-refractivity contribution < 1.29 is 4.74 Å². The SMILES string of the molecule is CNC(c1cccs1)C1CCOC2(CCC2)C1. The van der Waals surface area contributed by atoms with Crippen LogP contribution >= 0.6 is 11.3 Å². The minimum atomic E-state index is 0.259. The highest BCUT2D eigenvalue weighted by molar-refractivity contribution is 7.10. The summed E-state index contributed by atoms with van der Waals surface area (Å²) < 4.78 is 6.02. The predicted octanol–water partition coefficient (Wildman–Crippen LogP) is 3.36. The van der Waals surface area contributed by atoms with E-state index < -0.39 is 0 Å². The second-order valence-corrected chi connectivity index (χ2v) is 6.40. The summed E-state index contributed by atoms with van der Waals surface area (Å²) in [5.74, 6) is 0.743. The molecule has 1 aromatic heterocycles. The summed E-state index contributed by atoms with van der Waals surface area (Å²) in [6, 6.07) is 4.94. The molecule has 3 heteroatoms. The molecular weight excluding hydrogens is 230 g/mol. The summed E-state index contributed by atoms with van der Waals surface area (Å²) in [6.07, 6.45) is 6.37. The van der Waals surface area contributed by atoms with E-state index in [-0.39, 0.29) is 5.60 Å². The van der Waals surface area contributed by atoms with Crippen molar-refractivity contribution in [3.63, 3.8) is 0 Å². The van der Waals surface area contributed by atoms with Crippen LogP contribution in [0.15, 0.2) is 17.5 Å². The summed E-state index contributed by atoms with van der Waals surface area (Å²) in [7, 11) is 2.09. The number of nitrogens with one attached hydrogen (secondary N) is 1. The summed E-state index contributed by atoms with van der Waals surface area (Å²) in [4.78, 5) is 1.48. The topological polar surface area (TPSA) is 21.3 Å². The van der Waals surface area contributed by atoms with E-state index in [2.05, 4.69) is 29.9 Å². The summed E-state index contributed by atoms with van der Waals surface area (Å²) in [6.45, 7) is 0.953. The van der Waals surface area contributed by atoms with E-state index in [9.17, 15) is 0 Å². The normalized spacial score (nSPS) is 28.9. The molecule has 0 aromatic carbocycles. The minimum absolute atomic E-state index is 0.259. The largest absolute Gasteiger partial charge is 0.375 e. The lowest BCUT2D eigenvalue weighted by Crippen LogP contribution is -2.47. The monoisotopic (exact) mass is 251 g/mol. The Labute approximate surface area is 107 Å². The Morgan fingerprint density at radius 2 is 2.41 bits per heavy atom. The summed E-state index contributed by atoms with van der Waals surface area (Å²) in [5, 5.41) is 5.69. The van der Waals surface area contributed by atoms with Crippen LogP contribution in [0.5, 0.6) is 0 Å². The Bertz CT molecular complexity index is 358.